The van der Waals surface area contributed by atoms with E-state index in [2.05, 4.69) is 37.5 Å². The van der Waals surface area contributed by atoms with Crippen LogP contribution in [0.5, 0.6) is 5.75 Å². The summed E-state index contributed by atoms with van der Waals surface area (Å²) >= 11 is 7.91. The molecule has 0 aliphatic rings. The van der Waals surface area contributed by atoms with Gasteiger partial charge in [-0.1, -0.05) is 74.8 Å². The number of nitrogens with zero attached hydrogens (tertiary/aromatic N) is 1. The highest BCUT2D eigenvalue weighted by Gasteiger charge is 2.32. The molecule has 4 aromatic rings. The second kappa shape index (κ2) is 11.7. The predicted octanol–water partition coefficient (Wildman–Crippen LogP) is 7.97. The number of carboxylic acid groups (broad SMARTS) is 1. The number of halogens is 1. The summed E-state index contributed by atoms with van der Waals surface area (Å²) in [4.78, 5) is 13.3. The minimum absolute atomic E-state index is 0.0893. The lowest BCUT2D eigenvalue weighted by molar-refractivity contribution is -0.146. The molecule has 0 saturated heterocycles. The van der Waals surface area contributed by atoms with Gasteiger partial charge in [-0.2, -0.15) is 0 Å². The number of aliphatic carboxylic acids is 1. The summed E-state index contributed by atoms with van der Waals surface area (Å²) in [6.07, 6.45) is 0.387. The molecule has 0 aliphatic heterocycles. The lowest BCUT2D eigenvalue weighted by Gasteiger charge is -2.24. The van der Waals surface area contributed by atoms with E-state index in [1.807, 2.05) is 60.7 Å². The predicted molar refractivity (Wildman–Crippen MR) is 162 cm³/mol. The van der Waals surface area contributed by atoms with E-state index in [9.17, 15) is 9.90 Å². The maximum atomic E-state index is 12.2. The van der Waals surface area contributed by atoms with Crippen LogP contribution in [0.3, 0.4) is 0 Å². The first-order valence-corrected chi connectivity index (χ1v) is 14.3. The van der Waals surface area contributed by atoms with Crippen LogP contribution in [0, 0.1) is 5.41 Å². The monoisotopic (exact) mass is 564 g/mol. The zero-order valence-electron chi connectivity index (χ0n) is 23.2. The third-order valence-corrected chi connectivity index (χ3v) is 8.12. The zero-order valence-corrected chi connectivity index (χ0v) is 24.8. The number of carboxylic acids is 1. The van der Waals surface area contributed by atoms with Crippen molar-refractivity contribution in [2.45, 2.75) is 63.3 Å². The molecular formula is C32H37ClN2O3S. The SMILES string of the molecule is CC(C)(C)Sc1c(CC(C)(C)C(=O)O)n(Cc2ccc(Cl)cc2)c2ccc(OC[C@@H](N)c3ccccc3)cc12. The van der Waals surface area contributed by atoms with Crippen molar-refractivity contribution in [3.63, 3.8) is 0 Å². The molecule has 39 heavy (non-hydrogen) atoms. The lowest BCUT2D eigenvalue weighted by Crippen LogP contribution is -2.28. The summed E-state index contributed by atoms with van der Waals surface area (Å²) < 4.78 is 8.34. The largest absolute Gasteiger partial charge is 0.492 e. The van der Waals surface area contributed by atoms with Gasteiger partial charge in [0.05, 0.1) is 11.5 Å². The normalized spacial score (nSPS) is 13.0. The number of fused-ring (bicyclic) bond motifs is 1. The van der Waals surface area contributed by atoms with Crippen molar-refractivity contribution in [1.29, 1.82) is 0 Å². The third kappa shape index (κ3) is 7.18. The van der Waals surface area contributed by atoms with E-state index in [-0.39, 0.29) is 10.8 Å². The lowest BCUT2D eigenvalue weighted by atomic mass is 9.88. The molecule has 4 rings (SSSR count). The van der Waals surface area contributed by atoms with Crippen LogP contribution in [-0.2, 0) is 17.8 Å². The van der Waals surface area contributed by atoms with E-state index < -0.39 is 11.4 Å². The van der Waals surface area contributed by atoms with Gasteiger partial charge in [-0.15, -0.1) is 11.8 Å². The van der Waals surface area contributed by atoms with Crippen LogP contribution >= 0.6 is 23.4 Å². The van der Waals surface area contributed by atoms with Crippen LogP contribution in [0.1, 0.15) is 57.5 Å². The summed E-state index contributed by atoms with van der Waals surface area (Å²) in [5.74, 6) is -0.0891. The first-order valence-electron chi connectivity index (χ1n) is 13.1. The summed E-state index contributed by atoms with van der Waals surface area (Å²) in [5, 5.41) is 11.7. The Bertz CT molecular complexity index is 1440. The van der Waals surface area contributed by atoms with Crippen molar-refractivity contribution in [2.24, 2.45) is 11.1 Å². The van der Waals surface area contributed by atoms with E-state index in [1.54, 1.807) is 25.6 Å². The zero-order chi connectivity index (χ0) is 28.4. The molecule has 3 N–H and O–H groups in total. The number of ether oxygens (including phenoxy) is 1. The van der Waals surface area contributed by atoms with Gasteiger partial charge in [0.25, 0.3) is 0 Å². The quantitative estimate of drug-likeness (QED) is 0.191. The molecule has 0 saturated carbocycles. The number of hydrogen-bond acceptors (Lipinski definition) is 4. The Labute approximate surface area is 240 Å². The van der Waals surface area contributed by atoms with Gasteiger partial charge in [0.1, 0.15) is 12.4 Å². The number of nitrogens with two attached hydrogens (primary N) is 1. The summed E-state index contributed by atoms with van der Waals surface area (Å²) in [6, 6.07) is 23.6. The van der Waals surface area contributed by atoms with E-state index in [1.165, 1.54) is 0 Å². The van der Waals surface area contributed by atoms with Gasteiger partial charge >= 0.3 is 5.97 Å². The van der Waals surface area contributed by atoms with Crippen LogP contribution < -0.4 is 10.5 Å². The van der Waals surface area contributed by atoms with Crippen LogP contribution in [0.15, 0.2) is 77.7 Å². The summed E-state index contributed by atoms with van der Waals surface area (Å²) in [6.45, 7) is 11.0. The Kier molecular flexibility index (Phi) is 8.69. The molecule has 1 atom stereocenters. The fourth-order valence-corrected chi connectivity index (χ4v) is 5.78. The fourth-order valence-electron chi connectivity index (χ4n) is 4.47. The average Bonchev–Trinajstić information content (AvgIpc) is 3.14. The molecule has 0 unspecified atom stereocenters. The number of thioether (sulfide) groups is 1. The summed E-state index contributed by atoms with van der Waals surface area (Å²) in [5.41, 5.74) is 9.60. The van der Waals surface area contributed by atoms with Crippen molar-refractivity contribution in [2.75, 3.05) is 6.61 Å². The molecule has 3 aromatic carbocycles. The van der Waals surface area contributed by atoms with Crippen molar-refractivity contribution in [1.82, 2.24) is 4.57 Å². The van der Waals surface area contributed by atoms with Crippen LogP contribution in [0.25, 0.3) is 10.9 Å². The van der Waals surface area contributed by atoms with Gasteiger partial charge in [0, 0.05) is 44.2 Å². The Morgan fingerprint density at radius 3 is 2.31 bits per heavy atom. The summed E-state index contributed by atoms with van der Waals surface area (Å²) in [7, 11) is 0. The van der Waals surface area contributed by atoms with Gasteiger partial charge in [0.2, 0.25) is 0 Å². The van der Waals surface area contributed by atoms with Crippen LogP contribution in [0.4, 0.5) is 0 Å². The second-order valence-corrected chi connectivity index (χ2v) is 13.8. The number of carbonyl (C=O) groups is 1. The molecule has 0 spiro atoms. The first-order chi connectivity index (χ1) is 18.3. The minimum Gasteiger partial charge on any atom is -0.492 e. The Morgan fingerprint density at radius 1 is 1.03 bits per heavy atom. The van der Waals surface area contributed by atoms with Gasteiger partial charge in [-0.3, -0.25) is 4.79 Å². The molecule has 0 aliphatic carbocycles. The van der Waals surface area contributed by atoms with Crippen molar-refractivity contribution in [3.8, 4) is 5.75 Å². The highest BCUT2D eigenvalue weighted by molar-refractivity contribution is 8.00. The minimum atomic E-state index is -0.943. The number of benzene rings is 3. The van der Waals surface area contributed by atoms with Gasteiger partial charge in [-0.25, -0.2) is 0 Å². The molecule has 0 fully saturated rings. The molecule has 5 nitrogen and oxygen atoms in total. The standard InChI is InChI=1S/C32H37ClN2O3S/c1-31(2,3)39-29-25-17-24(38-20-26(34)22-9-7-6-8-10-22)15-16-27(25)35(19-21-11-13-23(33)14-12-21)28(29)18-32(4,5)30(36)37/h6-17,26H,18-20,34H2,1-5H3,(H,36,37)/t26-/m1/s1. The molecule has 1 aromatic heterocycles. The Hall–Kier alpha value is -2.93. The Morgan fingerprint density at radius 2 is 1.69 bits per heavy atom. The molecule has 206 valence electrons. The van der Waals surface area contributed by atoms with Crippen LogP contribution in [-0.4, -0.2) is 27.0 Å². The van der Waals surface area contributed by atoms with E-state index in [0.717, 1.165) is 38.4 Å². The van der Waals surface area contributed by atoms with E-state index in [4.69, 9.17) is 22.1 Å². The van der Waals surface area contributed by atoms with Gasteiger partial charge < -0.3 is 20.1 Å². The Balaban J connectivity index is 1.81. The van der Waals surface area contributed by atoms with Crippen molar-refractivity contribution >= 4 is 40.2 Å². The molecule has 0 amide bonds. The van der Waals surface area contributed by atoms with Gasteiger partial charge in [-0.05, 0) is 55.3 Å². The topological polar surface area (TPSA) is 77.5 Å². The average molecular weight is 565 g/mol. The smallest absolute Gasteiger partial charge is 0.309 e. The van der Waals surface area contributed by atoms with Gasteiger partial charge in [0.15, 0.2) is 0 Å². The van der Waals surface area contributed by atoms with Crippen LogP contribution in [0.2, 0.25) is 5.02 Å². The maximum absolute atomic E-state index is 12.2. The molecule has 0 bridgehead atoms. The third-order valence-electron chi connectivity index (χ3n) is 6.60. The molecular weight excluding hydrogens is 528 g/mol. The fraction of sp³-hybridized carbons (Fsp3) is 0.344. The molecule has 0 radical (unpaired) electrons. The maximum Gasteiger partial charge on any atom is 0.309 e. The second-order valence-electron chi connectivity index (χ2n) is 11.6. The number of aromatic nitrogens is 1. The van der Waals surface area contributed by atoms with E-state index >= 15 is 0 Å². The molecule has 7 heteroatoms. The first kappa shape index (κ1) is 29.1. The van der Waals surface area contributed by atoms with Crippen molar-refractivity contribution < 1.29 is 14.6 Å². The number of hydrogen-bond donors (Lipinski definition) is 2. The number of rotatable bonds is 10. The highest BCUT2D eigenvalue weighted by atomic mass is 35.5. The molecule has 1 heterocycles. The van der Waals surface area contributed by atoms with Crippen molar-refractivity contribution in [3.05, 3.63) is 94.6 Å². The highest BCUT2D eigenvalue weighted by Crippen LogP contribution is 2.44. The van der Waals surface area contributed by atoms with E-state index in [0.29, 0.717) is 24.6 Å².